The van der Waals surface area contributed by atoms with Gasteiger partial charge < -0.3 is 4.84 Å². The van der Waals surface area contributed by atoms with Crippen molar-refractivity contribution < 1.29 is 23.6 Å². The summed E-state index contributed by atoms with van der Waals surface area (Å²) >= 11 is 5.75. The number of benzene rings is 1. The molecular weight excluding hydrogens is 277 g/mol. The number of hydrogen-bond acceptors (Lipinski definition) is 4. The van der Waals surface area contributed by atoms with E-state index in [1.54, 1.807) is 0 Å². The highest BCUT2D eigenvalue weighted by molar-refractivity contribution is 6.31. The maximum absolute atomic E-state index is 13.4. The number of rotatable bonds is 3. The Balaban J connectivity index is 2.06. The highest BCUT2D eigenvalue weighted by Gasteiger charge is 2.33. The molecule has 1 saturated heterocycles. The van der Waals surface area contributed by atoms with Crippen LogP contribution in [0, 0.1) is 5.82 Å². The zero-order valence-electron chi connectivity index (χ0n) is 9.69. The second-order valence-electron chi connectivity index (χ2n) is 3.92. The summed E-state index contributed by atoms with van der Waals surface area (Å²) in [4.78, 5) is 38.7. The van der Waals surface area contributed by atoms with Crippen molar-refractivity contribution in [2.45, 2.75) is 19.3 Å². The predicted octanol–water partition coefficient (Wildman–Crippen LogP) is 1.63. The van der Waals surface area contributed by atoms with Gasteiger partial charge in [-0.05, 0) is 12.1 Å². The van der Waals surface area contributed by atoms with Gasteiger partial charge in [-0.1, -0.05) is 17.7 Å². The van der Waals surface area contributed by atoms with Gasteiger partial charge >= 0.3 is 5.97 Å². The van der Waals surface area contributed by atoms with Gasteiger partial charge in [0.2, 0.25) is 0 Å². The van der Waals surface area contributed by atoms with Gasteiger partial charge in [0.1, 0.15) is 5.82 Å². The number of amides is 2. The van der Waals surface area contributed by atoms with Crippen molar-refractivity contribution >= 4 is 29.4 Å². The topological polar surface area (TPSA) is 63.7 Å². The lowest BCUT2D eigenvalue weighted by Gasteiger charge is -2.13. The van der Waals surface area contributed by atoms with Gasteiger partial charge in [-0.3, -0.25) is 9.59 Å². The summed E-state index contributed by atoms with van der Waals surface area (Å²) < 4.78 is 13.4. The van der Waals surface area contributed by atoms with E-state index in [4.69, 9.17) is 11.6 Å². The molecular formula is C12H9ClFNO4. The monoisotopic (exact) mass is 285 g/mol. The van der Waals surface area contributed by atoms with Gasteiger partial charge in [0, 0.05) is 23.4 Å². The molecule has 1 aromatic carbocycles. The molecule has 1 aliphatic heterocycles. The molecule has 0 unspecified atom stereocenters. The number of imide groups is 1. The molecule has 0 radical (unpaired) electrons. The van der Waals surface area contributed by atoms with Crippen molar-refractivity contribution in [2.24, 2.45) is 0 Å². The Hall–Kier alpha value is -1.95. The lowest BCUT2D eigenvalue weighted by Crippen LogP contribution is -2.32. The minimum Gasteiger partial charge on any atom is -0.330 e. The van der Waals surface area contributed by atoms with Crippen LogP contribution in [0.3, 0.4) is 0 Å². The number of carbonyl (C=O) groups excluding carboxylic acids is 3. The summed E-state index contributed by atoms with van der Waals surface area (Å²) in [6, 6.07) is 3.99. The number of hydrogen-bond donors (Lipinski definition) is 0. The number of hydroxylamine groups is 2. The first kappa shape index (κ1) is 13.5. The average Bonchev–Trinajstić information content (AvgIpc) is 2.66. The Bertz CT molecular complexity index is 524. The van der Waals surface area contributed by atoms with Crippen LogP contribution in [0.25, 0.3) is 0 Å². The van der Waals surface area contributed by atoms with Crippen molar-refractivity contribution in [2.75, 3.05) is 0 Å². The fourth-order valence-corrected chi connectivity index (χ4v) is 1.87. The molecule has 0 N–H and O–H groups in total. The lowest BCUT2D eigenvalue weighted by atomic mass is 10.1. The van der Waals surface area contributed by atoms with E-state index in [-0.39, 0.29) is 23.4 Å². The number of nitrogens with zero attached hydrogens (tertiary/aromatic N) is 1. The number of carbonyl (C=O) groups is 3. The Labute approximate surface area is 112 Å². The average molecular weight is 286 g/mol. The van der Waals surface area contributed by atoms with Crippen LogP contribution in [-0.2, 0) is 25.6 Å². The molecule has 1 fully saturated rings. The third kappa shape index (κ3) is 2.90. The molecule has 0 aromatic heterocycles. The van der Waals surface area contributed by atoms with E-state index in [1.165, 1.54) is 12.1 Å². The minimum absolute atomic E-state index is 0.00652. The van der Waals surface area contributed by atoms with Crippen molar-refractivity contribution in [3.05, 3.63) is 34.6 Å². The largest absolute Gasteiger partial charge is 0.337 e. The first-order chi connectivity index (χ1) is 8.99. The van der Waals surface area contributed by atoms with Crippen LogP contribution >= 0.6 is 11.6 Å². The van der Waals surface area contributed by atoms with Crippen LogP contribution in [0.1, 0.15) is 18.4 Å². The second-order valence-corrected chi connectivity index (χ2v) is 4.33. The van der Waals surface area contributed by atoms with Crippen LogP contribution in [0.4, 0.5) is 4.39 Å². The zero-order chi connectivity index (χ0) is 14.0. The Morgan fingerprint density at radius 3 is 2.53 bits per heavy atom. The molecule has 0 saturated carbocycles. The lowest BCUT2D eigenvalue weighted by molar-refractivity contribution is -0.197. The summed E-state index contributed by atoms with van der Waals surface area (Å²) in [5, 5.41) is 0.493. The Kier molecular flexibility index (Phi) is 3.80. The molecule has 1 aromatic rings. The molecule has 19 heavy (non-hydrogen) atoms. The van der Waals surface area contributed by atoms with E-state index in [0.29, 0.717) is 5.06 Å². The van der Waals surface area contributed by atoms with Gasteiger partial charge in [-0.15, -0.1) is 5.06 Å². The van der Waals surface area contributed by atoms with E-state index >= 15 is 0 Å². The van der Waals surface area contributed by atoms with E-state index in [9.17, 15) is 18.8 Å². The van der Waals surface area contributed by atoms with Gasteiger partial charge in [0.15, 0.2) is 0 Å². The Morgan fingerprint density at radius 1 is 1.32 bits per heavy atom. The molecule has 0 bridgehead atoms. The molecule has 0 atom stereocenters. The van der Waals surface area contributed by atoms with Crippen molar-refractivity contribution in [1.29, 1.82) is 0 Å². The Morgan fingerprint density at radius 2 is 1.95 bits per heavy atom. The van der Waals surface area contributed by atoms with Gasteiger partial charge in [0.25, 0.3) is 11.8 Å². The van der Waals surface area contributed by atoms with Crippen molar-refractivity contribution in [1.82, 2.24) is 5.06 Å². The number of halogens is 2. The molecule has 100 valence electrons. The minimum atomic E-state index is -0.921. The first-order valence-corrected chi connectivity index (χ1v) is 5.86. The third-order valence-electron chi connectivity index (χ3n) is 2.58. The molecule has 1 aliphatic rings. The molecule has 2 rings (SSSR count). The van der Waals surface area contributed by atoms with Crippen LogP contribution in [0.2, 0.25) is 5.02 Å². The maximum atomic E-state index is 13.4. The summed E-state index contributed by atoms with van der Waals surface area (Å²) in [6.45, 7) is 0. The van der Waals surface area contributed by atoms with Gasteiger partial charge in [0.05, 0.1) is 6.42 Å². The summed E-state index contributed by atoms with van der Waals surface area (Å²) in [7, 11) is 0. The highest BCUT2D eigenvalue weighted by Crippen LogP contribution is 2.20. The summed E-state index contributed by atoms with van der Waals surface area (Å²) in [5.41, 5.74) is -0.0340. The standard InChI is InChI=1S/C12H9ClFNO4/c13-8-2-1-3-9(14)7(8)6-12(18)19-15-10(16)4-5-11(15)17/h1-3H,4-6H2. The highest BCUT2D eigenvalue weighted by atomic mass is 35.5. The quantitative estimate of drug-likeness (QED) is 0.792. The van der Waals surface area contributed by atoms with Crippen LogP contribution in [0.15, 0.2) is 18.2 Å². The van der Waals surface area contributed by atoms with Crippen molar-refractivity contribution in [3.63, 3.8) is 0 Å². The normalized spacial score (nSPS) is 14.9. The summed E-state index contributed by atoms with van der Waals surface area (Å²) in [6.07, 6.45) is -0.443. The van der Waals surface area contributed by atoms with Gasteiger partial charge in [-0.25, -0.2) is 9.18 Å². The first-order valence-electron chi connectivity index (χ1n) is 5.48. The SMILES string of the molecule is O=C(Cc1c(F)cccc1Cl)ON1C(=O)CCC1=O. The zero-order valence-corrected chi connectivity index (χ0v) is 10.4. The fourth-order valence-electron chi connectivity index (χ4n) is 1.64. The summed E-state index contributed by atoms with van der Waals surface area (Å²) in [5.74, 6) is -2.74. The van der Waals surface area contributed by atoms with Crippen LogP contribution < -0.4 is 0 Å². The van der Waals surface area contributed by atoms with E-state index in [2.05, 4.69) is 4.84 Å². The molecule has 7 heteroatoms. The van der Waals surface area contributed by atoms with Crippen molar-refractivity contribution in [3.8, 4) is 0 Å². The molecule has 1 heterocycles. The van der Waals surface area contributed by atoms with E-state index in [1.807, 2.05) is 0 Å². The van der Waals surface area contributed by atoms with E-state index in [0.717, 1.165) is 6.07 Å². The molecule has 0 spiro atoms. The molecule has 5 nitrogen and oxygen atoms in total. The second kappa shape index (κ2) is 5.36. The fraction of sp³-hybridized carbons (Fsp3) is 0.250. The molecule has 2 amide bonds. The smallest absolute Gasteiger partial charge is 0.330 e. The maximum Gasteiger partial charge on any atom is 0.337 e. The predicted molar refractivity (Wildman–Crippen MR) is 62.3 cm³/mol. The van der Waals surface area contributed by atoms with Crippen LogP contribution in [-0.4, -0.2) is 22.8 Å². The van der Waals surface area contributed by atoms with Crippen LogP contribution in [0.5, 0.6) is 0 Å². The molecule has 0 aliphatic carbocycles. The third-order valence-corrected chi connectivity index (χ3v) is 2.94. The van der Waals surface area contributed by atoms with Gasteiger partial charge in [-0.2, -0.15) is 0 Å². The van der Waals surface area contributed by atoms with E-state index < -0.39 is 30.0 Å².